The van der Waals surface area contributed by atoms with Gasteiger partial charge in [-0.1, -0.05) is 6.08 Å². The monoisotopic (exact) mass is 614 g/mol. The van der Waals surface area contributed by atoms with Crippen molar-refractivity contribution < 1.29 is 17.0 Å². The van der Waals surface area contributed by atoms with Crippen LogP contribution >= 0.6 is 11.1 Å². The van der Waals surface area contributed by atoms with Gasteiger partial charge in [-0.3, -0.25) is 0 Å². The van der Waals surface area contributed by atoms with Gasteiger partial charge in [-0.05, 0) is 89.1 Å². The van der Waals surface area contributed by atoms with E-state index in [0.717, 1.165) is 6.04 Å². The molecular formula is C26H52BrClMgN4Si2. The first-order valence-electron chi connectivity index (χ1n) is 11.9. The fourth-order valence-corrected chi connectivity index (χ4v) is 11.2. The quantitative estimate of drug-likeness (QED) is 0.204. The maximum atomic E-state index is 6.54. The molecule has 0 radical (unpaired) electrons. The Morgan fingerprint density at radius 1 is 0.686 bits per heavy atom. The maximum absolute atomic E-state index is 6.54. The molecule has 0 fully saturated rings. The van der Waals surface area contributed by atoms with Gasteiger partial charge in [0.25, 0.3) is 9.12 Å². The number of rotatable bonds is 2. The summed E-state index contributed by atoms with van der Waals surface area (Å²) in [5, 5.41) is 0. The molecule has 0 atom stereocenters. The molecule has 2 rings (SSSR count). The fraction of sp³-hybridized carbons (Fsp3) is 0.654. The zero-order valence-corrected chi connectivity index (χ0v) is 30.8. The number of hydrogen-bond donors (Lipinski definition) is 0. The number of halogens is 2. The average Bonchev–Trinajstić information content (AvgIpc) is 3.18. The van der Waals surface area contributed by atoms with Gasteiger partial charge in [-0.25, -0.2) is 19.6 Å². The molecule has 2 heterocycles. The van der Waals surface area contributed by atoms with Crippen molar-refractivity contribution in [3.63, 3.8) is 0 Å². The minimum atomic E-state index is -1.50. The maximum Gasteiger partial charge on any atom is 2.00 e. The first-order valence-corrected chi connectivity index (χ1v) is 16.5. The van der Waals surface area contributed by atoms with E-state index in [1.807, 2.05) is 0 Å². The molecule has 0 saturated carbocycles. The van der Waals surface area contributed by atoms with Crippen molar-refractivity contribution in [2.45, 2.75) is 111 Å². The zero-order valence-electron chi connectivity index (χ0n) is 24.7. The third kappa shape index (κ3) is 12.4. The van der Waals surface area contributed by atoms with Crippen LogP contribution in [0.1, 0.15) is 83.1 Å². The Bertz CT molecular complexity index is 643. The summed E-state index contributed by atoms with van der Waals surface area (Å²) in [7, 11) is -2.62. The van der Waals surface area contributed by atoms with Crippen LogP contribution in [0, 0.1) is 6.92 Å². The molecule has 0 N–H and O–H groups in total. The third-order valence-electron chi connectivity index (χ3n) is 5.35. The van der Waals surface area contributed by atoms with Crippen molar-refractivity contribution in [2.75, 3.05) is 0 Å². The zero-order chi connectivity index (χ0) is 26.4. The topological polar surface area (TPSA) is 13.0 Å². The van der Waals surface area contributed by atoms with E-state index in [2.05, 4.69) is 152 Å². The van der Waals surface area contributed by atoms with Crippen LogP contribution in [0.4, 0.5) is 0 Å². The van der Waals surface area contributed by atoms with Gasteiger partial charge >= 0.3 is 31.5 Å². The van der Waals surface area contributed by atoms with E-state index in [4.69, 9.17) is 11.1 Å². The van der Waals surface area contributed by atoms with Crippen LogP contribution in [0.5, 0.6) is 0 Å². The van der Waals surface area contributed by atoms with Crippen molar-refractivity contribution in [3.8, 4) is 0 Å². The van der Waals surface area contributed by atoms with Gasteiger partial charge in [0.05, 0.1) is 0 Å². The Morgan fingerprint density at radius 3 is 1.09 bits per heavy atom. The summed E-state index contributed by atoms with van der Waals surface area (Å²) in [5.74, 6) is 0. The summed E-state index contributed by atoms with van der Waals surface area (Å²) < 4.78 is 9.72. The molecule has 2 aliphatic heterocycles. The van der Waals surface area contributed by atoms with E-state index < -0.39 is 17.5 Å². The van der Waals surface area contributed by atoms with Crippen molar-refractivity contribution in [1.82, 2.24) is 18.3 Å². The smallest absolute Gasteiger partial charge is 1.00 e. The van der Waals surface area contributed by atoms with Gasteiger partial charge in [-0.15, -0.1) is 17.7 Å². The van der Waals surface area contributed by atoms with Crippen LogP contribution in [0.15, 0.2) is 50.1 Å². The molecule has 0 aliphatic carbocycles. The molecule has 0 aromatic rings. The van der Waals surface area contributed by atoms with Gasteiger partial charge < -0.3 is 35.2 Å². The van der Waals surface area contributed by atoms with E-state index in [-0.39, 0.29) is 62.2 Å². The standard InChI is InChI=1S/C13H26N2Si.C10H21ClN2Si.C3H5.BrH.Mg/c1-8-11-16-14(12(2,3)4)9-10-15(16)13(5,6)7;1-9(2,3)12-7-8-13(14(12)11)10(4,5)6;1-3-2;;/h8-10,16H,1,11H2,2-7H3;7-8,14H,1-6H3;3H,1-2H2;1H;/q;;-1;;+2/p-1. The summed E-state index contributed by atoms with van der Waals surface area (Å²) in [6, 6.07) is 1.13. The van der Waals surface area contributed by atoms with Gasteiger partial charge in [0.15, 0.2) is 0 Å². The Balaban J connectivity index is -0.000000503. The summed E-state index contributed by atoms with van der Waals surface area (Å²) in [4.78, 5) is 0. The Labute approximate surface area is 253 Å². The van der Waals surface area contributed by atoms with Crippen LogP contribution < -0.4 is 17.0 Å². The minimum absolute atomic E-state index is 0. The summed E-state index contributed by atoms with van der Waals surface area (Å²) in [6.07, 6.45) is 12.4. The summed E-state index contributed by atoms with van der Waals surface area (Å²) >= 11 is 6.54. The molecule has 200 valence electrons. The van der Waals surface area contributed by atoms with Gasteiger partial charge in [-0.2, -0.15) is 0 Å². The molecule has 0 spiro atoms. The second-order valence-corrected chi connectivity index (χ2v) is 18.0. The van der Waals surface area contributed by atoms with Crippen LogP contribution in [0.3, 0.4) is 0 Å². The predicted octanol–water partition coefficient (Wildman–Crippen LogP) is 3.34. The van der Waals surface area contributed by atoms with E-state index in [1.165, 1.54) is 6.08 Å². The van der Waals surface area contributed by atoms with Gasteiger partial charge in [0, 0.05) is 47.0 Å². The van der Waals surface area contributed by atoms with E-state index >= 15 is 0 Å². The molecule has 35 heavy (non-hydrogen) atoms. The SMILES string of the molecule is C=CC[SiH]1N(C(C)(C)C)C=CN1C(C)(C)C.C=C[CH2-].CC(C)(C)N1C=CN(C(C)(C)C)[SiH]1Cl.[Br-].[Mg+2]. The minimum Gasteiger partial charge on any atom is -1.00 e. The molecule has 0 saturated heterocycles. The van der Waals surface area contributed by atoms with Gasteiger partial charge in [0.2, 0.25) is 0 Å². The molecule has 4 nitrogen and oxygen atoms in total. The van der Waals surface area contributed by atoms with E-state index in [0.29, 0.717) is 0 Å². The number of nitrogens with zero attached hydrogens (tertiary/aromatic N) is 4. The van der Waals surface area contributed by atoms with E-state index in [1.54, 1.807) is 0 Å². The number of hydrogen-bond acceptors (Lipinski definition) is 4. The fourth-order valence-electron chi connectivity index (χ4n) is 3.70. The molecule has 0 unspecified atom stereocenters. The molecule has 9 heteroatoms. The van der Waals surface area contributed by atoms with Gasteiger partial charge in [0.1, 0.15) is 0 Å². The summed E-state index contributed by atoms with van der Waals surface area (Å²) in [5.41, 5.74) is 0.705. The van der Waals surface area contributed by atoms with Crippen molar-refractivity contribution in [1.29, 1.82) is 0 Å². The normalized spacial score (nSPS) is 16.6. The van der Waals surface area contributed by atoms with Crippen molar-refractivity contribution in [3.05, 3.63) is 57.0 Å². The molecule has 0 aromatic heterocycles. The first-order chi connectivity index (χ1) is 14.7. The second-order valence-electron chi connectivity index (χ2n) is 12.5. The summed E-state index contributed by atoms with van der Waals surface area (Å²) in [6.45, 7) is 37.3. The predicted molar refractivity (Wildman–Crippen MR) is 161 cm³/mol. The molecular weight excluding hydrogens is 564 g/mol. The Hall–Kier alpha value is 0.000000000000000444. The van der Waals surface area contributed by atoms with Crippen LogP contribution in [0.25, 0.3) is 0 Å². The number of allylic oxidation sites excluding steroid dienone is 2. The molecule has 0 aromatic carbocycles. The van der Waals surface area contributed by atoms with Crippen LogP contribution in [-0.4, -0.2) is 81.0 Å². The second kappa shape index (κ2) is 15.4. The molecule has 2 aliphatic rings. The van der Waals surface area contributed by atoms with Crippen LogP contribution in [-0.2, 0) is 0 Å². The molecule has 0 amide bonds. The Kier molecular flexibility index (Phi) is 17.4. The van der Waals surface area contributed by atoms with Crippen LogP contribution in [0.2, 0.25) is 6.04 Å². The van der Waals surface area contributed by atoms with Crippen molar-refractivity contribution >= 4 is 51.7 Å². The third-order valence-corrected chi connectivity index (χ3v) is 13.4. The Morgan fingerprint density at radius 2 is 0.914 bits per heavy atom. The van der Waals surface area contributed by atoms with E-state index in [9.17, 15) is 0 Å². The molecule has 0 bridgehead atoms. The largest absolute Gasteiger partial charge is 2.00 e. The average molecular weight is 617 g/mol. The first kappa shape index (κ1) is 39.5. The van der Waals surface area contributed by atoms with Crippen molar-refractivity contribution in [2.24, 2.45) is 0 Å².